The third kappa shape index (κ3) is 1.06. The molecule has 0 saturated carbocycles. The molecule has 0 atom stereocenters. The summed E-state index contributed by atoms with van der Waals surface area (Å²) in [5.74, 6) is -1.26. The lowest BCUT2D eigenvalue weighted by molar-refractivity contribution is 0.0699. The van der Waals surface area contributed by atoms with E-state index in [0.717, 1.165) is 6.07 Å². The van der Waals surface area contributed by atoms with Gasteiger partial charge in [-0.2, -0.15) is 0 Å². The summed E-state index contributed by atoms with van der Waals surface area (Å²) in [6.07, 6.45) is 0. The van der Waals surface area contributed by atoms with Gasteiger partial charge in [-0.15, -0.1) is 0 Å². The number of carboxylic acid groups (broad SMARTS) is 1. The molecule has 0 amide bonds. The van der Waals surface area contributed by atoms with Crippen molar-refractivity contribution in [3.63, 3.8) is 0 Å². The molecule has 2 bridgehead atoms. The van der Waals surface area contributed by atoms with Crippen LogP contribution in [0.3, 0.4) is 0 Å². The van der Waals surface area contributed by atoms with E-state index in [0.29, 0.717) is 0 Å². The Morgan fingerprint density at radius 1 is 1.21 bits per heavy atom. The van der Waals surface area contributed by atoms with E-state index in [1.54, 1.807) is 0 Å². The number of benzene rings is 1. The molecule has 0 aliphatic rings. The van der Waals surface area contributed by atoms with Crippen LogP contribution in [0.25, 0.3) is 10.8 Å². The Balaban J connectivity index is 3.12. The topological polar surface area (TPSA) is 84.6 Å². The SMILES string of the molecule is O=C(O)c1cc2ccc1c(=O)oc2=O. The van der Waals surface area contributed by atoms with Gasteiger partial charge >= 0.3 is 17.2 Å². The molecule has 0 unspecified atom stereocenters. The average Bonchev–Trinajstić information content (AvgIpc) is 2.34. The number of hydrogen-bond acceptors (Lipinski definition) is 4. The van der Waals surface area contributed by atoms with Crippen LogP contribution in [0.4, 0.5) is 0 Å². The highest BCUT2D eigenvalue weighted by Crippen LogP contribution is 2.09. The van der Waals surface area contributed by atoms with Crippen molar-refractivity contribution in [2.75, 3.05) is 0 Å². The molecule has 1 aromatic carbocycles. The lowest BCUT2D eigenvalue weighted by Crippen LogP contribution is -2.04. The van der Waals surface area contributed by atoms with Crippen LogP contribution in [0.15, 0.2) is 32.2 Å². The number of carbonyl (C=O) groups is 1. The van der Waals surface area contributed by atoms with Gasteiger partial charge in [-0.3, -0.25) is 0 Å². The minimum atomic E-state index is -1.26. The second kappa shape index (κ2) is 2.66. The monoisotopic (exact) mass is 192 g/mol. The van der Waals surface area contributed by atoms with Gasteiger partial charge in [0, 0.05) is 0 Å². The molecule has 0 spiro atoms. The summed E-state index contributed by atoms with van der Waals surface area (Å²) in [7, 11) is 0. The molecule has 3 aromatic rings. The molecule has 2 aromatic heterocycles. The number of rotatable bonds is 1. The number of fused-ring (bicyclic) bond motifs is 4. The molecule has 2 heterocycles. The molecule has 0 radical (unpaired) electrons. The van der Waals surface area contributed by atoms with Crippen molar-refractivity contribution in [1.29, 1.82) is 0 Å². The van der Waals surface area contributed by atoms with Crippen LogP contribution < -0.4 is 11.3 Å². The molecule has 70 valence electrons. The highest BCUT2D eigenvalue weighted by atomic mass is 16.4. The Bertz CT molecular complexity index is 610. The van der Waals surface area contributed by atoms with Crippen LogP contribution in [-0.4, -0.2) is 11.1 Å². The maximum Gasteiger partial charge on any atom is 0.346 e. The van der Waals surface area contributed by atoms with Crippen molar-refractivity contribution in [1.82, 2.24) is 0 Å². The first-order valence-corrected chi connectivity index (χ1v) is 3.73. The highest BCUT2D eigenvalue weighted by Gasteiger charge is 2.12. The number of hydrogen-bond donors (Lipinski definition) is 1. The van der Waals surface area contributed by atoms with Gasteiger partial charge in [-0.05, 0) is 18.2 Å². The summed E-state index contributed by atoms with van der Waals surface area (Å²) in [6.45, 7) is 0. The van der Waals surface area contributed by atoms with Crippen LogP contribution in [0.2, 0.25) is 0 Å². The van der Waals surface area contributed by atoms with Gasteiger partial charge < -0.3 is 9.52 Å². The van der Waals surface area contributed by atoms with Crippen LogP contribution in [0.1, 0.15) is 10.4 Å². The third-order valence-corrected chi connectivity index (χ3v) is 1.89. The summed E-state index contributed by atoms with van der Waals surface area (Å²) < 4.78 is 4.35. The maximum absolute atomic E-state index is 11.1. The van der Waals surface area contributed by atoms with E-state index in [2.05, 4.69) is 4.42 Å². The van der Waals surface area contributed by atoms with E-state index in [-0.39, 0.29) is 16.3 Å². The Morgan fingerprint density at radius 2 is 1.93 bits per heavy atom. The fourth-order valence-electron chi connectivity index (χ4n) is 1.22. The second-order valence-corrected chi connectivity index (χ2v) is 2.74. The van der Waals surface area contributed by atoms with Gasteiger partial charge in [0.05, 0.1) is 16.3 Å². The van der Waals surface area contributed by atoms with Gasteiger partial charge in [-0.1, -0.05) is 0 Å². The van der Waals surface area contributed by atoms with E-state index >= 15 is 0 Å². The average molecular weight is 192 g/mol. The first-order valence-electron chi connectivity index (χ1n) is 3.73. The quantitative estimate of drug-likeness (QED) is 0.701. The zero-order valence-electron chi connectivity index (χ0n) is 6.81. The van der Waals surface area contributed by atoms with Gasteiger partial charge in [-0.25, -0.2) is 14.4 Å². The van der Waals surface area contributed by atoms with Crippen LogP contribution in [0.5, 0.6) is 0 Å². The van der Waals surface area contributed by atoms with E-state index < -0.39 is 17.2 Å². The fraction of sp³-hybridized carbons (Fsp3) is 0. The maximum atomic E-state index is 11.1. The molecule has 5 nitrogen and oxygen atoms in total. The van der Waals surface area contributed by atoms with Crippen molar-refractivity contribution < 1.29 is 14.3 Å². The predicted molar refractivity (Wildman–Crippen MR) is 46.9 cm³/mol. The molecule has 14 heavy (non-hydrogen) atoms. The van der Waals surface area contributed by atoms with Gasteiger partial charge in [0.2, 0.25) is 0 Å². The van der Waals surface area contributed by atoms with Gasteiger partial charge in [0.1, 0.15) is 0 Å². The molecular weight excluding hydrogens is 188 g/mol. The highest BCUT2D eigenvalue weighted by molar-refractivity contribution is 5.98. The summed E-state index contributed by atoms with van der Waals surface area (Å²) >= 11 is 0. The van der Waals surface area contributed by atoms with Crippen LogP contribution in [-0.2, 0) is 0 Å². The lowest BCUT2D eigenvalue weighted by atomic mass is 10.1. The van der Waals surface area contributed by atoms with Crippen molar-refractivity contribution >= 4 is 16.7 Å². The fourth-order valence-corrected chi connectivity index (χ4v) is 1.22. The summed E-state index contributed by atoms with van der Waals surface area (Å²) in [6, 6.07) is 3.76. The van der Waals surface area contributed by atoms with Gasteiger partial charge in [0.25, 0.3) is 0 Å². The molecule has 0 aliphatic heterocycles. The summed E-state index contributed by atoms with van der Waals surface area (Å²) in [5, 5.41) is 8.70. The minimum absolute atomic E-state index is 0.0667. The van der Waals surface area contributed by atoms with Crippen LogP contribution in [0, 0.1) is 0 Å². The normalized spacial score (nSPS) is 10.6. The summed E-state index contributed by atoms with van der Waals surface area (Å²) in [5.41, 5.74) is -1.96. The first-order chi connectivity index (χ1) is 6.59. The van der Waals surface area contributed by atoms with E-state index in [1.807, 2.05) is 0 Å². The Hall–Kier alpha value is -2.17. The standard InChI is InChI=1S/C9H4O5/c10-7(11)6-3-4-1-2-5(6)9(13)14-8(4)12/h1-3H,(H,10,11). The zero-order valence-corrected chi connectivity index (χ0v) is 6.81. The Labute approximate surface area is 76.6 Å². The Kier molecular flexibility index (Phi) is 1.60. The number of aromatic carboxylic acids is 1. The predicted octanol–water partition coefficient (Wildman–Crippen LogP) is 0.289. The van der Waals surface area contributed by atoms with Crippen LogP contribution >= 0.6 is 0 Å². The van der Waals surface area contributed by atoms with Crippen molar-refractivity contribution in [3.05, 3.63) is 44.6 Å². The smallest absolute Gasteiger partial charge is 0.346 e. The second-order valence-electron chi connectivity index (χ2n) is 2.74. The lowest BCUT2D eigenvalue weighted by Gasteiger charge is -1.92. The molecule has 1 N–H and O–H groups in total. The summed E-state index contributed by atoms with van der Waals surface area (Å²) in [4.78, 5) is 32.9. The Morgan fingerprint density at radius 3 is 2.57 bits per heavy atom. The van der Waals surface area contributed by atoms with Crippen molar-refractivity contribution in [2.24, 2.45) is 0 Å². The molecule has 3 rings (SSSR count). The molecule has 0 saturated heterocycles. The van der Waals surface area contributed by atoms with Gasteiger partial charge in [0.15, 0.2) is 0 Å². The van der Waals surface area contributed by atoms with Crippen molar-refractivity contribution in [3.8, 4) is 0 Å². The minimum Gasteiger partial charge on any atom is -0.478 e. The largest absolute Gasteiger partial charge is 0.478 e. The van der Waals surface area contributed by atoms with E-state index in [4.69, 9.17) is 5.11 Å². The molecular formula is C9H4O5. The molecule has 0 fully saturated rings. The molecule has 0 aliphatic carbocycles. The molecule has 5 heteroatoms. The van der Waals surface area contributed by atoms with Crippen molar-refractivity contribution in [2.45, 2.75) is 0 Å². The third-order valence-electron chi connectivity index (χ3n) is 1.89. The number of carboxylic acids is 1. The zero-order chi connectivity index (χ0) is 10.3. The van der Waals surface area contributed by atoms with E-state index in [1.165, 1.54) is 12.1 Å². The first kappa shape index (κ1) is 8.43. The van der Waals surface area contributed by atoms with E-state index in [9.17, 15) is 14.4 Å².